The number of imidazole rings is 1. The first-order chi connectivity index (χ1) is 15.2. The Hall–Kier alpha value is -0.790. The van der Waals surface area contributed by atoms with E-state index in [2.05, 4.69) is 49.2 Å². The molecule has 0 fully saturated rings. The van der Waals surface area contributed by atoms with Gasteiger partial charge in [-0.3, -0.25) is 0 Å². The van der Waals surface area contributed by atoms with Gasteiger partial charge in [0.15, 0.2) is 0 Å². The van der Waals surface area contributed by atoms with Gasteiger partial charge in [0.25, 0.3) is 5.82 Å². The topological polar surface area (TPSA) is 8.81 Å². The van der Waals surface area contributed by atoms with Crippen molar-refractivity contribution in [3.05, 3.63) is 18.2 Å². The third-order valence-corrected chi connectivity index (χ3v) is 6.85. The van der Waals surface area contributed by atoms with Crippen LogP contribution in [-0.4, -0.2) is 4.57 Å². The Balaban J connectivity index is 2.20. The lowest BCUT2D eigenvalue weighted by atomic mass is 10.1. The van der Waals surface area contributed by atoms with E-state index in [-0.39, 0.29) is 0 Å². The summed E-state index contributed by atoms with van der Waals surface area (Å²) in [6.45, 7) is 10.5. The molecule has 0 radical (unpaired) electrons. The van der Waals surface area contributed by atoms with E-state index < -0.39 is 0 Å². The van der Waals surface area contributed by atoms with E-state index in [1.165, 1.54) is 135 Å². The van der Waals surface area contributed by atoms with Crippen molar-refractivity contribution in [3.63, 3.8) is 0 Å². The van der Waals surface area contributed by atoms with E-state index >= 15 is 0 Å². The molecule has 31 heavy (non-hydrogen) atoms. The fourth-order valence-corrected chi connectivity index (χ4v) is 4.78. The van der Waals surface area contributed by atoms with Crippen LogP contribution in [0.15, 0.2) is 12.4 Å². The monoisotopic (exact) mass is 433 g/mol. The Bertz CT molecular complexity index is 503. The lowest BCUT2D eigenvalue weighted by Gasteiger charge is -2.08. The highest BCUT2D eigenvalue weighted by atomic mass is 15.2. The molecular weight excluding hydrogens is 376 g/mol. The minimum Gasteiger partial charge on any atom is -0.234 e. The first-order valence-electron chi connectivity index (χ1n) is 14.3. The summed E-state index contributed by atoms with van der Waals surface area (Å²) in [5.41, 5.74) is 0. The summed E-state index contributed by atoms with van der Waals surface area (Å²) in [4.78, 5) is 0. The van der Waals surface area contributed by atoms with Gasteiger partial charge in [-0.15, -0.1) is 0 Å². The summed E-state index contributed by atoms with van der Waals surface area (Å²) in [6, 6.07) is 0.572. The van der Waals surface area contributed by atoms with Crippen LogP contribution in [0.2, 0.25) is 0 Å². The molecule has 0 saturated heterocycles. The lowest BCUT2D eigenvalue weighted by Crippen LogP contribution is -2.37. The van der Waals surface area contributed by atoms with E-state index in [1.54, 1.807) is 5.82 Å². The number of unbranched alkanes of at least 4 members (excludes halogenated alkanes) is 17. The number of aryl methyl sites for hydroxylation is 1. The lowest BCUT2D eigenvalue weighted by molar-refractivity contribution is -0.704. The molecule has 1 heterocycles. The van der Waals surface area contributed by atoms with Crippen molar-refractivity contribution in [2.24, 2.45) is 0 Å². The normalized spacial score (nSPS) is 11.6. The molecule has 1 aromatic heterocycles. The van der Waals surface area contributed by atoms with Crippen LogP contribution in [0.4, 0.5) is 0 Å². The minimum atomic E-state index is 0.572. The molecule has 0 aliphatic carbocycles. The van der Waals surface area contributed by atoms with Crippen LogP contribution in [0, 0.1) is 0 Å². The number of hydrogen-bond acceptors (Lipinski definition) is 0. The van der Waals surface area contributed by atoms with Crippen LogP contribution < -0.4 is 4.57 Å². The van der Waals surface area contributed by atoms with Crippen LogP contribution in [0.1, 0.15) is 162 Å². The largest absolute Gasteiger partial charge is 0.256 e. The zero-order valence-electron chi connectivity index (χ0n) is 22.0. The maximum Gasteiger partial charge on any atom is 0.256 e. The highest BCUT2D eigenvalue weighted by Gasteiger charge is 2.18. The maximum atomic E-state index is 2.56. The third-order valence-electron chi connectivity index (χ3n) is 6.85. The van der Waals surface area contributed by atoms with E-state index in [0.29, 0.717) is 6.04 Å². The molecule has 0 aromatic carbocycles. The quantitative estimate of drug-likeness (QED) is 0.127. The molecule has 0 aliphatic heterocycles. The molecular formula is C29H57N2+. The summed E-state index contributed by atoms with van der Waals surface area (Å²) in [5, 5.41) is 0. The Morgan fingerprint density at radius 1 is 0.613 bits per heavy atom. The number of aromatic nitrogens is 2. The van der Waals surface area contributed by atoms with Crippen molar-refractivity contribution < 1.29 is 4.57 Å². The zero-order chi connectivity index (χ0) is 22.6. The number of nitrogens with zero attached hydrogens (tertiary/aromatic N) is 2. The van der Waals surface area contributed by atoms with Gasteiger partial charge in [0, 0.05) is 6.42 Å². The van der Waals surface area contributed by atoms with Crippen molar-refractivity contribution in [1.29, 1.82) is 0 Å². The first kappa shape index (κ1) is 28.2. The van der Waals surface area contributed by atoms with Gasteiger partial charge in [0.1, 0.15) is 12.4 Å². The van der Waals surface area contributed by atoms with E-state index in [0.717, 1.165) is 0 Å². The molecule has 0 spiro atoms. The second-order valence-corrected chi connectivity index (χ2v) is 10.2. The van der Waals surface area contributed by atoms with Gasteiger partial charge in [0.2, 0.25) is 0 Å². The van der Waals surface area contributed by atoms with Crippen molar-refractivity contribution in [2.75, 3.05) is 0 Å². The highest BCUT2D eigenvalue weighted by molar-refractivity contribution is 4.86. The number of rotatable bonds is 22. The number of hydrogen-bond donors (Lipinski definition) is 0. The fourth-order valence-electron chi connectivity index (χ4n) is 4.78. The Morgan fingerprint density at radius 3 is 1.48 bits per heavy atom. The molecule has 0 N–H and O–H groups in total. The van der Waals surface area contributed by atoms with Crippen molar-refractivity contribution >= 4 is 0 Å². The molecule has 2 nitrogen and oxygen atoms in total. The SMILES string of the molecule is CCCCCCCCCCCCc1n(C(C)C)cc[n+]1CCCCCCCCCCC. The Labute approximate surface area is 196 Å². The first-order valence-corrected chi connectivity index (χ1v) is 14.3. The summed E-state index contributed by atoms with van der Waals surface area (Å²) < 4.78 is 5.08. The molecule has 0 saturated carbocycles. The molecule has 0 amide bonds. The predicted molar refractivity (Wildman–Crippen MR) is 138 cm³/mol. The van der Waals surface area contributed by atoms with Gasteiger partial charge >= 0.3 is 0 Å². The molecule has 2 heteroatoms. The summed E-state index contributed by atoms with van der Waals surface area (Å²) >= 11 is 0. The van der Waals surface area contributed by atoms with E-state index in [4.69, 9.17) is 0 Å². The second-order valence-electron chi connectivity index (χ2n) is 10.2. The van der Waals surface area contributed by atoms with Crippen LogP contribution in [0.5, 0.6) is 0 Å². The van der Waals surface area contributed by atoms with Crippen LogP contribution in [0.3, 0.4) is 0 Å². The molecule has 0 bridgehead atoms. The Kier molecular flexibility index (Phi) is 18.1. The summed E-state index contributed by atoms with van der Waals surface area (Å²) in [5.74, 6) is 1.56. The molecule has 1 aromatic rings. The van der Waals surface area contributed by atoms with Gasteiger partial charge < -0.3 is 0 Å². The minimum absolute atomic E-state index is 0.572. The van der Waals surface area contributed by atoms with Gasteiger partial charge in [-0.1, -0.05) is 117 Å². The van der Waals surface area contributed by atoms with Crippen LogP contribution >= 0.6 is 0 Å². The van der Waals surface area contributed by atoms with Crippen molar-refractivity contribution in [1.82, 2.24) is 4.57 Å². The summed E-state index contributed by atoms with van der Waals surface area (Å²) in [7, 11) is 0. The molecule has 1 rings (SSSR count). The second kappa shape index (κ2) is 19.9. The van der Waals surface area contributed by atoms with Gasteiger partial charge in [-0.25, -0.2) is 9.13 Å². The van der Waals surface area contributed by atoms with Gasteiger partial charge in [-0.2, -0.15) is 0 Å². The zero-order valence-corrected chi connectivity index (χ0v) is 22.0. The highest BCUT2D eigenvalue weighted by Crippen LogP contribution is 2.14. The standard InChI is InChI=1S/C29H57N2/c1-5-7-9-11-13-15-16-18-20-22-24-29-30(26-27-31(29)28(3)4)25-23-21-19-17-14-12-10-8-6-2/h26-28H,5-25H2,1-4H3/q+1. The smallest absolute Gasteiger partial charge is 0.234 e. The molecule has 0 aliphatic rings. The Morgan fingerprint density at radius 2 is 1.03 bits per heavy atom. The average molecular weight is 434 g/mol. The molecule has 0 unspecified atom stereocenters. The van der Waals surface area contributed by atoms with E-state index in [9.17, 15) is 0 Å². The van der Waals surface area contributed by atoms with Gasteiger partial charge in [0.05, 0.1) is 12.6 Å². The van der Waals surface area contributed by atoms with Crippen LogP contribution in [0.25, 0.3) is 0 Å². The fraction of sp³-hybridized carbons (Fsp3) is 0.897. The average Bonchev–Trinajstić information content (AvgIpc) is 3.17. The van der Waals surface area contributed by atoms with Crippen molar-refractivity contribution in [3.8, 4) is 0 Å². The van der Waals surface area contributed by atoms with E-state index in [1.807, 2.05) is 0 Å². The van der Waals surface area contributed by atoms with Crippen molar-refractivity contribution in [2.45, 2.75) is 169 Å². The predicted octanol–water partition coefficient (Wildman–Crippen LogP) is 9.35. The van der Waals surface area contributed by atoms with Crippen LogP contribution in [-0.2, 0) is 13.0 Å². The molecule has 182 valence electrons. The third kappa shape index (κ3) is 14.1. The maximum absolute atomic E-state index is 2.56. The summed E-state index contributed by atoms with van der Waals surface area (Å²) in [6.07, 6.45) is 32.8. The van der Waals surface area contributed by atoms with Gasteiger partial charge in [-0.05, 0) is 33.1 Å². The molecule has 0 atom stereocenters.